The summed E-state index contributed by atoms with van der Waals surface area (Å²) in [5.41, 5.74) is 0.944. The summed E-state index contributed by atoms with van der Waals surface area (Å²) in [5, 5.41) is 7.20. The summed E-state index contributed by atoms with van der Waals surface area (Å²) >= 11 is 1.13. The molecule has 3 heterocycles. The smallest absolute Gasteiger partial charge is 0.393 e. The highest BCUT2D eigenvalue weighted by Gasteiger charge is 2.33. The highest BCUT2D eigenvalue weighted by molar-refractivity contribution is 7.71. The van der Waals surface area contributed by atoms with E-state index in [-0.39, 0.29) is 29.3 Å². The molecular formula is C31H37F4N4O2PS. The number of piperidine rings is 1. The monoisotopic (exact) mass is 639 g/mol. The van der Waals surface area contributed by atoms with E-state index in [1.54, 1.807) is 30.3 Å². The molecule has 1 aromatic heterocycles. The topological polar surface area (TPSA) is 56.8 Å². The number of fused-ring (bicyclic) bond motifs is 1. The lowest BCUT2D eigenvalue weighted by Gasteiger charge is -2.33. The van der Waals surface area contributed by atoms with Gasteiger partial charge in [-0.25, -0.2) is 4.39 Å². The summed E-state index contributed by atoms with van der Waals surface area (Å²) in [5.74, 6) is 5.75. The van der Waals surface area contributed by atoms with Crippen LogP contribution in [0.5, 0.6) is 5.75 Å². The van der Waals surface area contributed by atoms with E-state index in [0.29, 0.717) is 65.1 Å². The number of likely N-dealkylation sites (tertiary alicyclic amines) is 1. The van der Waals surface area contributed by atoms with Gasteiger partial charge in [-0.15, -0.1) is 11.3 Å². The molecule has 5 rings (SSSR count). The van der Waals surface area contributed by atoms with Gasteiger partial charge < -0.3 is 29.7 Å². The van der Waals surface area contributed by atoms with Crippen molar-refractivity contribution in [1.29, 1.82) is 0 Å². The maximum atomic E-state index is 14.8. The first-order chi connectivity index (χ1) is 21.6. The summed E-state index contributed by atoms with van der Waals surface area (Å²) < 4.78 is 98.1. The van der Waals surface area contributed by atoms with Crippen molar-refractivity contribution in [3.8, 4) is 17.6 Å². The van der Waals surface area contributed by atoms with Crippen molar-refractivity contribution < 1.29 is 31.0 Å². The zero-order valence-corrected chi connectivity index (χ0v) is 25.8. The van der Waals surface area contributed by atoms with Gasteiger partial charge in [0.25, 0.3) is 0 Å². The molecule has 3 aromatic rings. The number of ether oxygens (including phenoxy) is 1. The van der Waals surface area contributed by atoms with Crippen molar-refractivity contribution in [1.82, 2.24) is 9.80 Å². The molecule has 2 aromatic carbocycles. The van der Waals surface area contributed by atoms with Gasteiger partial charge in [0.2, 0.25) is 0 Å². The minimum Gasteiger partial charge on any atom is -0.495 e. The van der Waals surface area contributed by atoms with Crippen molar-refractivity contribution in [3.05, 3.63) is 46.8 Å². The Kier molecular flexibility index (Phi) is 8.44. The van der Waals surface area contributed by atoms with E-state index in [0.717, 1.165) is 11.3 Å². The lowest BCUT2D eigenvalue weighted by Crippen LogP contribution is -2.46. The minimum absolute atomic E-state index is 0.00358. The largest absolute Gasteiger partial charge is 0.495 e. The van der Waals surface area contributed by atoms with Gasteiger partial charge in [-0.1, -0.05) is 24.0 Å². The van der Waals surface area contributed by atoms with Crippen molar-refractivity contribution in [2.24, 2.45) is 0 Å². The Morgan fingerprint density at radius 3 is 2.65 bits per heavy atom. The Morgan fingerprint density at radius 1 is 1.14 bits per heavy atom. The van der Waals surface area contributed by atoms with Gasteiger partial charge in [0.15, 0.2) is 0 Å². The summed E-state index contributed by atoms with van der Waals surface area (Å²) in [6, 6.07) is 9.38. The molecule has 2 atom stereocenters. The minimum atomic E-state index is -4.47. The lowest BCUT2D eigenvalue weighted by atomic mass is 10.0. The first-order valence-electron chi connectivity index (χ1n) is 15.6. The summed E-state index contributed by atoms with van der Waals surface area (Å²) in [6.07, 6.45) is -5.23. The molecule has 43 heavy (non-hydrogen) atoms. The molecule has 2 N–H and O–H groups in total. The standard InChI is InChI=1S/C31H37F4N4O2PS/c1-38-14-16-42(40,17-15-38)21-9-10-26(28(18-21)41-3)36-12-5-8-29-23(19-31(33,34)35)22-6-4-7-27(30(22)43-29)37-25-11-13-39(2)20-24(25)32/h4,6-7,9-10,18,24-25,36-37H,11-17,19-20H2,1-3H3/t24-,25+/m1/s1/i3D3. The van der Waals surface area contributed by atoms with Gasteiger partial charge in [-0.05, 0) is 55.7 Å². The Morgan fingerprint density at radius 2 is 1.93 bits per heavy atom. The SMILES string of the molecule is [2H]C([2H])([2H])Oc1cc(P2(=O)CCN(C)CC2)ccc1NCC#Cc1sc2c(N[C@H]3CCN(C)C[C@H]3F)cccc2c1CC(F)(F)F. The van der Waals surface area contributed by atoms with Crippen molar-refractivity contribution >= 4 is 45.2 Å². The first-order valence-corrected chi connectivity index (χ1v) is 17.0. The molecule has 0 amide bonds. The molecular weight excluding hydrogens is 599 g/mol. The fraction of sp³-hybridized carbons (Fsp3) is 0.484. The third-order valence-corrected chi connectivity index (χ3v) is 12.3. The number of nitrogens with one attached hydrogen (secondary N) is 2. The first kappa shape index (κ1) is 27.8. The highest BCUT2D eigenvalue weighted by Crippen LogP contribution is 2.47. The summed E-state index contributed by atoms with van der Waals surface area (Å²) in [4.78, 5) is 4.24. The van der Waals surface area contributed by atoms with Gasteiger partial charge in [0.05, 0.1) is 51.1 Å². The fourth-order valence-corrected chi connectivity index (χ4v) is 9.52. The number of thiophene rings is 1. The predicted octanol–water partition coefficient (Wildman–Crippen LogP) is 5.87. The van der Waals surface area contributed by atoms with Crippen molar-refractivity contribution in [2.45, 2.75) is 31.2 Å². The maximum Gasteiger partial charge on any atom is 0.393 e. The van der Waals surface area contributed by atoms with Crippen LogP contribution in [0.2, 0.25) is 0 Å². The van der Waals surface area contributed by atoms with Crippen LogP contribution in [0.1, 0.15) is 21.0 Å². The van der Waals surface area contributed by atoms with Crippen molar-refractivity contribution in [2.75, 3.05) is 76.8 Å². The number of methoxy groups -OCH3 is 1. The molecule has 232 valence electrons. The molecule has 2 saturated heterocycles. The number of benzene rings is 2. The van der Waals surface area contributed by atoms with E-state index >= 15 is 0 Å². The second-order valence-corrected chi connectivity index (χ2v) is 15.5. The van der Waals surface area contributed by atoms with E-state index in [9.17, 15) is 22.1 Å². The van der Waals surface area contributed by atoms with Gasteiger partial charge in [0.1, 0.15) is 19.1 Å². The second-order valence-electron chi connectivity index (χ2n) is 11.3. The molecule has 12 heteroatoms. The summed E-state index contributed by atoms with van der Waals surface area (Å²) in [7, 11) is -1.68. The predicted molar refractivity (Wildman–Crippen MR) is 169 cm³/mol. The lowest BCUT2D eigenvalue weighted by molar-refractivity contribution is -0.126. The fourth-order valence-electron chi connectivity index (χ4n) is 5.59. The van der Waals surface area contributed by atoms with Crippen LogP contribution in [0.15, 0.2) is 36.4 Å². The molecule has 0 saturated carbocycles. The molecule has 0 aliphatic carbocycles. The third kappa shape index (κ3) is 7.49. The molecule has 2 fully saturated rings. The molecule has 0 radical (unpaired) electrons. The molecule has 2 aliphatic heterocycles. The van der Waals surface area contributed by atoms with E-state index in [4.69, 9.17) is 8.85 Å². The van der Waals surface area contributed by atoms with E-state index in [1.165, 1.54) is 6.07 Å². The molecule has 0 unspecified atom stereocenters. The van der Waals surface area contributed by atoms with E-state index in [1.807, 2.05) is 19.0 Å². The van der Waals surface area contributed by atoms with Crippen LogP contribution in [-0.4, -0.2) is 94.4 Å². The van der Waals surface area contributed by atoms with E-state index < -0.39 is 39.0 Å². The third-order valence-electron chi connectivity index (χ3n) is 8.08. The van der Waals surface area contributed by atoms with Gasteiger partial charge in [-0.3, -0.25) is 0 Å². The highest BCUT2D eigenvalue weighted by atomic mass is 32.1. The van der Waals surface area contributed by atoms with Crippen LogP contribution in [-0.2, 0) is 11.0 Å². The normalized spacial score (nSPS) is 22.6. The molecule has 6 nitrogen and oxygen atoms in total. The zero-order valence-electron chi connectivity index (χ0n) is 27.1. The number of halogens is 4. The van der Waals surface area contributed by atoms with Crippen molar-refractivity contribution in [3.63, 3.8) is 0 Å². The number of rotatable bonds is 7. The second kappa shape index (κ2) is 13.1. The van der Waals surface area contributed by atoms with Crippen LogP contribution >= 0.6 is 18.5 Å². The van der Waals surface area contributed by atoms with Gasteiger partial charge >= 0.3 is 6.18 Å². The van der Waals surface area contributed by atoms with Crippen LogP contribution in [0.25, 0.3) is 10.1 Å². The Balaban J connectivity index is 1.40. The maximum absolute atomic E-state index is 14.8. The van der Waals surface area contributed by atoms with Crippen LogP contribution in [0.3, 0.4) is 0 Å². The molecule has 0 bridgehead atoms. The van der Waals surface area contributed by atoms with Gasteiger partial charge in [0, 0.05) is 43.8 Å². The number of hydrogen-bond acceptors (Lipinski definition) is 7. The Labute approximate surface area is 258 Å². The summed E-state index contributed by atoms with van der Waals surface area (Å²) in [6.45, 7) is 2.30. The Hall–Kier alpha value is -2.77. The number of alkyl halides is 4. The van der Waals surface area contributed by atoms with E-state index in [2.05, 4.69) is 27.4 Å². The zero-order chi connectivity index (χ0) is 33.3. The van der Waals surface area contributed by atoms with Crippen LogP contribution in [0.4, 0.5) is 28.9 Å². The quantitative estimate of drug-likeness (QED) is 0.192. The number of hydrogen-bond donors (Lipinski definition) is 2. The number of nitrogens with zero attached hydrogens (tertiary/aromatic N) is 2. The molecule has 2 aliphatic rings. The van der Waals surface area contributed by atoms with Crippen LogP contribution < -0.4 is 20.7 Å². The Bertz CT molecular complexity index is 1660. The number of anilines is 2. The average molecular weight is 640 g/mol. The van der Waals surface area contributed by atoms with Gasteiger partial charge in [-0.2, -0.15) is 13.2 Å². The van der Waals surface area contributed by atoms with Crippen LogP contribution in [0, 0.1) is 11.8 Å². The average Bonchev–Trinajstić information content (AvgIpc) is 3.30. The molecule has 0 spiro atoms.